The van der Waals surface area contributed by atoms with Gasteiger partial charge >= 0.3 is 0 Å². The molecule has 0 aliphatic heterocycles. The predicted molar refractivity (Wildman–Crippen MR) is 100 cm³/mol. The van der Waals surface area contributed by atoms with Gasteiger partial charge in [0.1, 0.15) is 0 Å². The Morgan fingerprint density at radius 3 is 2.40 bits per heavy atom. The molecule has 136 valence electrons. The van der Waals surface area contributed by atoms with Gasteiger partial charge in [-0.25, -0.2) is 4.68 Å². The van der Waals surface area contributed by atoms with Crippen LogP contribution in [0.5, 0.6) is 0 Å². The summed E-state index contributed by atoms with van der Waals surface area (Å²) in [6.07, 6.45) is 2.96. The molecule has 0 radical (unpaired) electrons. The summed E-state index contributed by atoms with van der Waals surface area (Å²) in [4.78, 5) is 13.7. The van der Waals surface area contributed by atoms with Crippen molar-refractivity contribution in [3.8, 4) is 11.3 Å². The maximum absolute atomic E-state index is 12.5. The molecule has 0 spiro atoms. The molecule has 0 atom stereocenters. The molecule has 0 amide bonds. The molecular weight excluding hydrogens is 360 g/mol. The second-order valence-corrected chi connectivity index (χ2v) is 8.65. The molecule has 0 bridgehead atoms. The van der Waals surface area contributed by atoms with Crippen LogP contribution < -0.4 is 5.56 Å². The molecule has 2 aromatic rings. The topological polar surface area (TPSA) is 78.3 Å². The lowest BCUT2D eigenvalue weighted by atomic mass is 10.1. The molecule has 25 heavy (non-hydrogen) atoms. The number of thioether (sulfide) groups is 1. The SMILES string of the molecule is CSc1ccc(-c2cc(COS(C)(=O)=O)c(=O)n(CC(C)C)n2)cc1. The van der Waals surface area contributed by atoms with Crippen LogP contribution >= 0.6 is 11.8 Å². The van der Waals surface area contributed by atoms with Crippen molar-refractivity contribution >= 4 is 21.9 Å². The highest BCUT2D eigenvalue weighted by Crippen LogP contribution is 2.22. The van der Waals surface area contributed by atoms with E-state index in [2.05, 4.69) is 5.10 Å². The van der Waals surface area contributed by atoms with E-state index in [4.69, 9.17) is 4.18 Å². The van der Waals surface area contributed by atoms with Crippen LogP contribution in [0, 0.1) is 5.92 Å². The summed E-state index contributed by atoms with van der Waals surface area (Å²) in [5.74, 6) is 0.225. The number of aromatic nitrogens is 2. The molecule has 0 N–H and O–H groups in total. The zero-order chi connectivity index (χ0) is 18.6. The van der Waals surface area contributed by atoms with Gasteiger partial charge in [-0.15, -0.1) is 11.8 Å². The Morgan fingerprint density at radius 1 is 1.24 bits per heavy atom. The molecule has 0 saturated heterocycles. The van der Waals surface area contributed by atoms with E-state index in [1.165, 1.54) is 4.68 Å². The highest BCUT2D eigenvalue weighted by molar-refractivity contribution is 7.98. The third-order valence-corrected chi connectivity index (χ3v) is 4.69. The van der Waals surface area contributed by atoms with Crippen LogP contribution in [0.25, 0.3) is 11.3 Å². The Labute approximate surface area is 152 Å². The van der Waals surface area contributed by atoms with Gasteiger partial charge in [-0.3, -0.25) is 8.98 Å². The van der Waals surface area contributed by atoms with Gasteiger partial charge in [0.2, 0.25) is 0 Å². The van der Waals surface area contributed by atoms with Crippen LogP contribution in [-0.2, 0) is 27.5 Å². The average Bonchev–Trinajstić information content (AvgIpc) is 2.54. The fourth-order valence-electron chi connectivity index (χ4n) is 2.24. The minimum absolute atomic E-state index is 0.225. The molecule has 0 saturated carbocycles. The van der Waals surface area contributed by atoms with Gasteiger partial charge in [0.25, 0.3) is 15.7 Å². The molecule has 0 fully saturated rings. The van der Waals surface area contributed by atoms with Crippen molar-refractivity contribution in [1.82, 2.24) is 9.78 Å². The van der Waals surface area contributed by atoms with Crippen molar-refractivity contribution < 1.29 is 12.6 Å². The highest BCUT2D eigenvalue weighted by atomic mass is 32.2. The zero-order valence-corrected chi connectivity index (χ0v) is 16.4. The zero-order valence-electron chi connectivity index (χ0n) is 14.7. The van der Waals surface area contributed by atoms with Gasteiger partial charge in [-0.05, 0) is 30.4 Å². The highest BCUT2D eigenvalue weighted by Gasteiger charge is 2.13. The number of nitrogens with zero attached hydrogens (tertiary/aromatic N) is 2. The van der Waals surface area contributed by atoms with Gasteiger partial charge in [0.05, 0.1) is 18.6 Å². The van der Waals surface area contributed by atoms with Gasteiger partial charge in [0.15, 0.2) is 0 Å². The van der Waals surface area contributed by atoms with E-state index in [-0.39, 0.29) is 23.6 Å². The van der Waals surface area contributed by atoms with Crippen LogP contribution in [0.2, 0.25) is 0 Å². The van der Waals surface area contributed by atoms with Crippen LogP contribution in [-0.4, -0.2) is 30.7 Å². The van der Waals surface area contributed by atoms with Crippen LogP contribution in [0.4, 0.5) is 0 Å². The molecule has 0 aliphatic carbocycles. The number of hydrogen-bond donors (Lipinski definition) is 0. The van der Waals surface area contributed by atoms with E-state index in [1.54, 1.807) is 17.8 Å². The molecule has 1 aromatic carbocycles. The minimum atomic E-state index is -3.63. The lowest BCUT2D eigenvalue weighted by Gasteiger charge is -2.12. The lowest BCUT2D eigenvalue weighted by Crippen LogP contribution is -2.29. The van der Waals surface area contributed by atoms with Gasteiger partial charge in [0, 0.05) is 22.6 Å². The summed E-state index contributed by atoms with van der Waals surface area (Å²) < 4.78 is 28.7. The van der Waals surface area contributed by atoms with Crippen LogP contribution in [0.15, 0.2) is 40.0 Å². The monoisotopic (exact) mass is 382 g/mol. The first-order chi connectivity index (χ1) is 11.7. The number of benzene rings is 1. The fourth-order valence-corrected chi connectivity index (χ4v) is 2.99. The second-order valence-electron chi connectivity index (χ2n) is 6.13. The van der Waals surface area contributed by atoms with Crippen molar-refractivity contribution in [2.75, 3.05) is 12.5 Å². The lowest BCUT2D eigenvalue weighted by molar-refractivity contribution is 0.307. The van der Waals surface area contributed by atoms with E-state index in [0.717, 1.165) is 16.7 Å². The third-order valence-electron chi connectivity index (χ3n) is 3.40. The molecule has 0 aliphatic rings. The first kappa shape index (κ1) is 19.7. The van der Waals surface area contributed by atoms with Crippen LogP contribution in [0.1, 0.15) is 19.4 Å². The van der Waals surface area contributed by atoms with Gasteiger partial charge < -0.3 is 0 Å². The van der Waals surface area contributed by atoms with Gasteiger partial charge in [-0.2, -0.15) is 13.5 Å². The first-order valence-corrected chi connectivity index (χ1v) is 10.8. The Hall–Kier alpha value is -1.64. The van der Waals surface area contributed by atoms with Crippen molar-refractivity contribution in [1.29, 1.82) is 0 Å². The van der Waals surface area contributed by atoms with Crippen molar-refractivity contribution in [2.45, 2.75) is 31.9 Å². The normalized spacial score (nSPS) is 11.9. The Balaban J connectivity index is 2.49. The van der Waals surface area contributed by atoms with Gasteiger partial charge in [-0.1, -0.05) is 26.0 Å². The van der Waals surface area contributed by atoms with Crippen molar-refractivity contribution in [3.63, 3.8) is 0 Å². The maximum Gasteiger partial charge on any atom is 0.272 e. The molecular formula is C17H22N2O4S2. The minimum Gasteiger partial charge on any atom is -0.267 e. The van der Waals surface area contributed by atoms with Crippen LogP contribution in [0.3, 0.4) is 0 Å². The van der Waals surface area contributed by atoms with Crippen molar-refractivity contribution in [3.05, 3.63) is 46.2 Å². The summed E-state index contributed by atoms with van der Waals surface area (Å²) in [6, 6.07) is 9.41. The maximum atomic E-state index is 12.5. The molecule has 8 heteroatoms. The van der Waals surface area contributed by atoms with E-state index in [0.29, 0.717) is 12.2 Å². The van der Waals surface area contributed by atoms with E-state index >= 15 is 0 Å². The number of hydrogen-bond acceptors (Lipinski definition) is 6. The first-order valence-electron chi connectivity index (χ1n) is 7.79. The fraction of sp³-hybridized carbons (Fsp3) is 0.412. The Bertz CT molecular complexity index is 888. The van der Waals surface area contributed by atoms with E-state index < -0.39 is 10.1 Å². The Kier molecular flexibility index (Phi) is 6.42. The summed E-state index contributed by atoms with van der Waals surface area (Å²) in [6.45, 7) is 4.12. The summed E-state index contributed by atoms with van der Waals surface area (Å²) >= 11 is 1.64. The second kappa shape index (κ2) is 8.16. The average molecular weight is 383 g/mol. The van der Waals surface area contributed by atoms with Crippen molar-refractivity contribution in [2.24, 2.45) is 5.92 Å². The Morgan fingerprint density at radius 2 is 1.88 bits per heavy atom. The summed E-state index contributed by atoms with van der Waals surface area (Å²) in [5.41, 5.74) is 1.41. The molecule has 6 nitrogen and oxygen atoms in total. The number of rotatable bonds is 7. The third kappa shape index (κ3) is 5.69. The standard InChI is InChI=1S/C17H22N2O4S2/c1-12(2)10-19-17(20)14(11-23-25(4,21)22)9-16(18-19)13-5-7-15(24-3)8-6-13/h5-9,12H,10-11H2,1-4H3. The molecule has 2 rings (SSSR count). The molecule has 1 heterocycles. The smallest absolute Gasteiger partial charge is 0.267 e. The summed E-state index contributed by atoms with van der Waals surface area (Å²) in [5, 5.41) is 4.44. The van der Waals surface area contributed by atoms with E-state index in [9.17, 15) is 13.2 Å². The largest absolute Gasteiger partial charge is 0.272 e. The summed E-state index contributed by atoms with van der Waals surface area (Å²) in [7, 11) is -3.63. The predicted octanol–water partition coefficient (Wildman–Crippen LogP) is 2.76. The molecule has 0 unspecified atom stereocenters. The molecule has 1 aromatic heterocycles. The quantitative estimate of drug-likeness (QED) is 0.541. The van der Waals surface area contributed by atoms with E-state index in [1.807, 2.05) is 44.4 Å².